The van der Waals surface area contributed by atoms with E-state index in [1.165, 1.54) is 13.8 Å². The van der Waals surface area contributed by atoms with Crippen LogP contribution in [0.15, 0.2) is 48.6 Å². The van der Waals surface area contributed by atoms with Gasteiger partial charge in [-0.15, -0.1) is 0 Å². The highest BCUT2D eigenvalue weighted by Gasteiger charge is 2.19. The second kappa shape index (κ2) is 11.9. The Hall–Kier alpha value is -3.32. The molecule has 32 heavy (non-hydrogen) atoms. The van der Waals surface area contributed by atoms with Gasteiger partial charge in [0.15, 0.2) is 0 Å². The van der Waals surface area contributed by atoms with Gasteiger partial charge in [0.05, 0.1) is 0 Å². The SMILES string of the molecule is CC(=O)OCC1[CH]C=CC(C#Cc2ccc(C#C[C@@H]3C=C[CH][C@H](COC(C)=O)O3)cc2)O1. The fourth-order valence-electron chi connectivity index (χ4n) is 2.83. The topological polar surface area (TPSA) is 71.1 Å². The predicted octanol–water partition coefficient (Wildman–Crippen LogP) is 2.57. The number of hydrogen-bond acceptors (Lipinski definition) is 6. The van der Waals surface area contributed by atoms with Crippen molar-refractivity contribution in [2.75, 3.05) is 13.2 Å². The van der Waals surface area contributed by atoms with Gasteiger partial charge in [-0.25, -0.2) is 0 Å². The molecule has 2 radical (unpaired) electrons. The summed E-state index contributed by atoms with van der Waals surface area (Å²) < 4.78 is 21.5. The molecule has 1 aromatic carbocycles. The van der Waals surface area contributed by atoms with Crippen LogP contribution in [0.25, 0.3) is 0 Å². The van der Waals surface area contributed by atoms with Gasteiger partial charge < -0.3 is 18.9 Å². The summed E-state index contributed by atoms with van der Waals surface area (Å²) in [4.78, 5) is 21.9. The van der Waals surface area contributed by atoms with E-state index >= 15 is 0 Å². The highest BCUT2D eigenvalue weighted by molar-refractivity contribution is 5.66. The Balaban J connectivity index is 1.52. The maximum absolute atomic E-state index is 10.9. The van der Waals surface area contributed by atoms with Gasteiger partial charge in [0, 0.05) is 37.8 Å². The van der Waals surface area contributed by atoms with Gasteiger partial charge in [-0.2, -0.15) is 0 Å². The Morgan fingerprint density at radius 3 is 1.56 bits per heavy atom. The summed E-state index contributed by atoms with van der Waals surface area (Å²) in [6.07, 6.45) is 9.75. The van der Waals surface area contributed by atoms with Crippen LogP contribution in [0.2, 0.25) is 0 Å². The molecule has 4 atom stereocenters. The number of hydrogen-bond donors (Lipinski definition) is 0. The van der Waals surface area contributed by atoms with Gasteiger partial charge in [0.1, 0.15) is 37.6 Å². The van der Waals surface area contributed by atoms with Crippen molar-refractivity contribution in [1.29, 1.82) is 0 Å². The molecule has 6 nitrogen and oxygen atoms in total. The van der Waals surface area contributed by atoms with Crippen LogP contribution in [0, 0.1) is 36.5 Å². The van der Waals surface area contributed by atoms with Crippen molar-refractivity contribution in [3.05, 3.63) is 72.5 Å². The van der Waals surface area contributed by atoms with Crippen molar-refractivity contribution in [2.24, 2.45) is 0 Å². The molecule has 0 aromatic heterocycles. The number of ether oxygens (including phenoxy) is 4. The summed E-state index contributed by atoms with van der Waals surface area (Å²) in [5.74, 6) is 11.6. The van der Waals surface area contributed by atoms with Crippen molar-refractivity contribution in [3.63, 3.8) is 0 Å². The molecule has 0 bridgehead atoms. The first-order valence-electron chi connectivity index (χ1n) is 10.2. The molecule has 2 heterocycles. The zero-order valence-electron chi connectivity index (χ0n) is 17.9. The molecule has 0 aliphatic carbocycles. The molecule has 0 saturated carbocycles. The molecule has 3 rings (SSSR count). The average molecular weight is 432 g/mol. The molecule has 0 saturated heterocycles. The first-order chi connectivity index (χ1) is 15.5. The summed E-state index contributed by atoms with van der Waals surface area (Å²) in [6, 6.07) is 7.56. The maximum Gasteiger partial charge on any atom is 0.302 e. The van der Waals surface area contributed by atoms with Gasteiger partial charge in [0.25, 0.3) is 0 Å². The molecule has 0 amide bonds. The lowest BCUT2D eigenvalue weighted by atomic mass is 10.1. The molecule has 1 aromatic rings. The quantitative estimate of drug-likeness (QED) is 0.538. The number of esters is 2. The van der Waals surface area contributed by atoms with Crippen LogP contribution < -0.4 is 0 Å². The third-order valence-electron chi connectivity index (χ3n) is 4.37. The van der Waals surface area contributed by atoms with E-state index in [4.69, 9.17) is 18.9 Å². The standard InChI is InChI=1S/C26H24O6/c1-19(27)29-17-25-7-3-5-23(31-25)15-13-21-9-11-22(12-10-21)14-16-24-6-4-8-26(32-24)18-30-20(2)28/h3-12,23-26H,17-18H2,1-2H3/t23-,24?,25+,26?/m0/s1. The summed E-state index contributed by atoms with van der Waals surface area (Å²) >= 11 is 0. The van der Waals surface area contributed by atoms with Gasteiger partial charge in [-0.1, -0.05) is 35.8 Å². The first-order valence-corrected chi connectivity index (χ1v) is 10.2. The zero-order valence-corrected chi connectivity index (χ0v) is 17.9. The van der Waals surface area contributed by atoms with Crippen LogP contribution in [-0.4, -0.2) is 49.6 Å². The molecule has 0 spiro atoms. The van der Waals surface area contributed by atoms with Crippen molar-refractivity contribution in [3.8, 4) is 23.7 Å². The lowest BCUT2D eigenvalue weighted by Gasteiger charge is -2.22. The van der Waals surface area contributed by atoms with E-state index in [2.05, 4.69) is 23.7 Å². The maximum atomic E-state index is 10.9. The smallest absolute Gasteiger partial charge is 0.302 e. The molecule has 164 valence electrons. The van der Waals surface area contributed by atoms with Gasteiger partial charge in [-0.3, -0.25) is 9.59 Å². The molecular formula is C26H24O6. The van der Waals surface area contributed by atoms with Crippen LogP contribution >= 0.6 is 0 Å². The molecule has 2 unspecified atom stereocenters. The monoisotopic (exact) mass is 432 g/mol. The Kier molecular flexibility index (Phi) is 8.69. The Labute approximate surface area is 188 Å². The highest BCUT2D eigenvalue weighted by atomic mass is 16.6. The second-order valence-electron chi connectivity index (χ2n) is 7.07. The van der Waals surface area contributed by atoms with Gasteiger partial charge in [0.2, 0.25) is 0 Å². The van der Waals surface area contributed by atoms with Crippen LogP contribution in [-0.2, 0) is 28.5 Å². The van der Waals surface area contributed by atoms with Gasteiger partial charge in [-0.05, 0) is 36.4 Å². The van der Waals surface area contributed by atoms with E-state index in [0.29, 0.717) is 0 Å². The molecule has 0 N–H and O–H groups in total. The summed E-state index contributed by atoms with van der Waals surface area (Å²) in [5, 5.41) is 0. The van der Waals surface area contributed by atoms with Crippen LogP contribution in [0.3, 0.4) is 0 Å². The number of rotatable bonds is 4. The van der Waals surface area contributed by atoms with E-state index in [0.717, 1.165) is 11.1 Å². The highest BCUT2D eigenvalue weighted by Crippen LogP contribution is 2.13. The molecule has 2 aliphatic rings. The Morgan fingerprint density at radius 1 is 0.781 bits per heavy atom. The third-order valence-corrected chi connectivity index (χ3v) is 4.37. The van der Waals surface area contributed by atoms with Crippen LogP contribution in [0.4, 0.5) is 0 Å². The minimum Gasteiger partial charge on any atom is -0.463 e. The van der Waals surface area contributed by atoms with Crippen molar-refractivity contribution >= 4 is 11.9 Å². The van der Waals surface area contributed by atoms with E-state index in [9.17, 15) is 9.59 Å². The van der Waals surface area contributed by atoms with Crippen molar-refractivity contribution in [1.82, 2.24) is 0 Å². The summed E-state index contributed by atoms with van der Waals surface area (Å²) in [7, 11) is 0. The van der Waals surface area contributed by atoms with Crippen LogP contribution in [0.5, 0.6) is 0 Å². The number of carbonyl (C=O) groups excluding carboxylic acids is 2. The van der Waals surface area contributed by atoms with Gasteiger partial charge >= 0.3 is 11.9 Å². The fraction of sp³-hybridized carbons (Fsp3) is 0.308. The predicted molar refractivity (Wildman–Crippen MR) is 118 cm³/mol. The van der Waals surface area contributed by atoms with Crippen molar-refractivity contribution in [2.45, 2.75) is 38.3 Å². The van der Waals surface area contributed by atoms with Crippen molar-refractivity contribution < 1.29 is 28.5 Å². The Morgan fingerprint density at radius 2 is 1.19 bits per heavy atom. The van der Waals surface area contributed by atoms with Crippen LogP contribution in [0.1, 0.15) is 25.0 Å². The third kappa shape index (κ3) is 8.07. The Bertz CT molecular complexity index is 902. The molecule has 6 heteroatoms. The minimum atomic E-state index is -0.369. The first kappa shape index (κ1) is 23.3. The molecule has 2 aliphatic heterocycles. The van der Waals surface area contributed by atoms with E-state index in [1.54, 1.807) is 0 Å². The molecule has 0 fully saturated rings. The number of benzene rings is 1. The van der Waals surface area contributed by atoms with E-state index < -0.39 is 0 Å². The molecular weight excluding hydrogens is 408 g/mol. The minimum absolute atomic E-state index is 0.174. The lowest BCUT2D eigenvalue weighted by Crippen LogP contribution is -2.28. The second-order valence-corrected chi connectivity index (χ2v) is 7.07. The van der Waals surface area contributed by atoms with E-state index in [-0.39, 0.29) is 49.6 Å². The lowest BCUT2D eigenvalue weighted by molar-refractivity contribution is -0.145. The summed E-state index contributed by atoms with van der Waals surface area (Å²) in [5.41, 5.74) is 1.67. The summed E-state index contributed by atoms with van der Waals surface area (Å²) in [6.45, 7) is 3.08. The normalized spacial score (nSPS) is 23.8. The zero-order chi connectivity index (χ0) is 22.8. The number of carbonyl (C=O) groups is 2. The fourth-order valence-corrected chi connectivity index (χ4v) is 2.83. The average Bonchev–Trinajstić information content (AvgIpc) is 2.80. The largest absolute Gasteiger partial charge is 0.463 e. The van der Waals surface area contributed by atoms with E-state index in [1.807, 2.05) is 61.4 Å².